The topological polar surface area (TPSA) is 125 Å². The number of benzene rings is 2. The SMILES string of the molecule is C[C@H](OC(=O)CCCc1nc2ccccc2c(=O)[nH]1)C(=O)Nc1ccccc1C#N. The number of carbonyl (C=O) groups is 2. The molecule has 0 saturated heterocycles. The molecule has 2 aromatic carbocycles. The molecule has 0 radical (unpaired) electrons. The maximum absolute atomic E-state index is 12.2. The van der Waals surface area contributed by atoms with E-state index in [1.54, 1.807) is 48.5 Å². The molecule has 2 N–H and O–H groups in total. The van der Waals surface area contributed by atoms with Crippen LogP contribution in [-0.4, -0.2) is 27.9 Å². The predicted molar refractivity (Wildman–Crippen MR) is 111 cm³/mol. The van der Waals surface area contributed by atoms with E-state index in [0.717, 1.165) is 0 Å². The van der Waals surface area contributed by atoms with Crippen LogP contribution in [0.1, 0.15) is 31.2 Å². The fourth-order valence-corrected chi connectivity index (χ4v) is 2.89. The van der Waals surface area contributed by atoms with Crippen molar-refractivity contribution in [1.29, 1.82) is 5.26 Å². The minimum atomic E-state index is -1.01. The van der Waals surface area contributed by atoms with Gasteiger partial charge in [-0.15, -0.1) is 0 Å². The van der Waals surface area contributed by atoms with Gasteiger partial charge in [0, 0.05) is 12.8 Å². The molecule has 152 valence electrons. The molecule has 1 atom stereocenters. The van der Waals surface area contributed by atoms with E-state index in [4.69, 9.17) is 10.00 Å². The standard InChI is InChI=1S/C22H20N4O4/c1-14(21(28)25-17-9-4-2-7-15(17)13-23)30-20(27)12-6-11-19-24-18-10-5-3-8-16(18)22(29)26-19/h2-5,7-10,14H,6,11-12H2,1H3,(H,25,28)(H,24,26,29)/t14-/m0/s1. The molecule has 0 fully saturated rings. The van der Waals surface area contributed by atoms with E-state index in [9.17, 15) is 14.4 Å². The van der Waals surface area contributed by atoms with Crippen LogP contribution >= 0.6 is 0 Å². The lowest BCUT2D eigenvalue weighted by molar-refractivity contribution is -0.153. The molecule has 0 aliphatic rings. The molecule has 8 heteroatoms. The second-order valence-electron chi connectivity index (χ2n) is 6.66. The van der Waals surface area contributed by atoms with Gasteiger partial charge in [-0.25, -0.2) is 4.98 Å². The summed E-state index contributed by atoms with van der Waals surface area (Å²) in [5.74, 6) is -0.564. The average molecular weight is 404 g/mol. The lowest BCUT2D eigenvalue weighted by Gasteiger charge is -2.14. The third-order valence-electron chi connectivity index (χ3n) is 4.44. The number of anilines is 1. The molecule has 0 spiro atoms. The number of esters is 1. The van der Waals surface area contributed by atoms with Crippen molar-refractivity contribution in [2.24, 2.45) is 0 Å². The molecule has 8 nitrogen and oxygen atoms in total. The molecule has 3 aromatic rings. The van der Waals surface area contributed by atoms with Crippen LogP contribution in [0.3, 0.4) is 0 Å². The Morgan fingerprint density at radius 3 is 2.73 bits per heavy atom. The number of nitrogens with zero attached hydrogens (tertiary/aromatic N) is 2. The molecule has 0 bridgehead atoms. The monoisotopic (exact) mass is 404 g/mol. The molecular weight excluding hydrogens is 384 g/mol. The number of ether oxygens (including phenoxy) is 1. The van der Waals surface area contributed by atoms with Crippen LogP contribution in [0.4, 0.5) is 5.69 Å². The molecule has 0 aliphatic carbocycles. The summed E-state index contributed by atoms with van der Waals surface area (Å²) < 4.78 is 5.16. The Balaban J connectivity index is 1.50. The number of aryl methyl sites for hydroxylation is 1. The van der Waals surface area contributed by atoms with Gasteiger partial charge in [-0.05, 0) is 37.6 Å². The highest BCUT2D eigenvalue weighted by atomic mass is 16.5. The summed E-state index contributed by atoms with van der Waals surface area (Å²) in [6.45, 7) is 1.46. The van der Waals surface area contributed by atoms with Gasteiger partial charge in [0.25, 0.3) is 11.5 Å². The number of hydrogen-bond donors (Lipinski definition) is 2. The van der Waals surface area contributed by atoms with Crippen molar-refractivity contribution in [3.63, 3.8) is 0 Å². The van der Waals surface area contributed by atoms with Gasteiger partial charge in [0.1, 0.15) is 11.9 Å². The largest absolute Gasteiger partial charge is 0.453 e. The van der Waals surface area contributed by atoms with Crippen LogP contribution < -0.4 is 10.9 Å². The van der Waals surface area contributed by atoms with Gasteiger partial charge in [-0.3, -0.25) is 14.4 Å². The van der Waals surface area contributed by atoms with Crippen LogP contribution in [0.25, 0.3) is 10.9 Å². The number of fused-ring (bicyclic) bond motifs is 1. The van der Waals surface area contributed by atoms with Gasteiger partial charge in [0.05, 0.1) is 22.2 Å². The summed E-state index contributed by atoms with van der Waals surface area (Å²) in [4.78, 5) is 43.4. The highest BCUT2D eigenvalue weighted by molar-refractivity contribution is 5.96. The number of H-pyrrole nitrogens is 1. The van der Waals surface area contributed by atoms with Gasteiger partial charge in [0.2, 0.25) is 0 Å². The summed E-state index contributed by atoms with van der Waals surface area (Å²) in [5.41, 5.74) is 1.06. The van der Waals surface area contributed by atoms with Crippen molar-refractivity contribution in [3.05, 3.63) is 70.3 Å². The van der Waals surface area contributed by atoms with Crippen LogP contribution in [0.15, 0.2) is 53.3 Å². The van der Waals surface area contributed by atoms with Crippen molar-refractivity contribution in [1.82, 2.24) is 9.97 Å². The number of aromatic nitrogens is 2. The Hall–Kier alpha value is -3.99. The van der Waals surface area contributed by atoms with Crippen LogP contribution in [-0.2, 0) is 20.7 Å². The first-order chi connectivity index (χ1) is 14.5. The second-order valence-corrected chi connectivity index (χ2v) is 6.66. The molecule has 3 rings (SSSR count). The summed E-state index contributed by atoms with van der Waals surface area (Å²) in [5, 5.41) is 12.2. The van der Waals surface area contributed by atoms with Gasteiger partial charge >= 0.3 is 5.97 Å². The first-order valence-corrected chi connectivity index (χ1v) is 9.45. The highest BCUT2D eigenvalue weighted by Crippen LogP contribution is 2.14. The normalized spacial score (nSPS) is 11.5. The maximum Gasteiger partial charge on any atom is 0.306 e. The Morgan fingerprint density at radius 2 is 1.93 bits per heavy atom. The predicted octanol–water partition coefficient (Wildman–Crippen LogP) is 2.69. The molecule has 1 aromatic heterocycles. The Morgan fingerprint density at radius 1 is 1.20 bits per heavy atom. The molecule has 30 heavy (non-hydrogen) atoms. The van der Waals surface area contributed by atoms with Crippen molar-refractivity contribution in [3.8, 4) is 6.07 Å². The van der Waals surface area contributed by atoms with Gasteiger partial charge < -0.3 is 15.0 Å². The van der Waals surface area contributed by atoms with Crippen LogP contribution in [0.2, 0.25) is 0 Å². The first kappa shape index (κ1) is 20.7. The van der Waals surface area contributed by atoms with Gasteiger partial charge in [0.15, 0.2) is 6.10 Å². The van der Waals surface area contributed by atoms with E-state index in [1.165, 1.54) is 6.92 Å². The lowest BCUT2D eigenvalue weighted by atomic mass is 10.2. The summed E-state index contributed by atoms with van der Waals surface area (Å²) in [7, 11) is 0. The number of para-hydroxylation sites is 2. The molecule has 1 amide bonds. The van der Waals surface area contributed by atoms with E-state index in [0.29, 0.717) is 40.8 Å². The van der Waals surface area contributed by atoms with E-state index in [2.05, 4.69) is 15.3 Å². The zero-order valence-electron chi connectivity index (χ0n) is 16.3. The minimum Gasteiger partial charge on any atom is -0.453 e. The molecule has 0 saturated carbocycles. The third kappa shape index (κ3) is 5.08. The zero-order chi connectivity index (χ0) is 21.5. The quantitative estimate of drug-likeness (QED) is 0.583. The second kappa shape index (κ2) is 9.47. The van der Waals surface area contributed by atoms with Crippen LogP contribution in [0.5, 0.6) is 0 Å². The van der Waals surface area contributed by atoms with E-state index in [1.807, 2.05) is 6.07 Å². The van der Waals surface area contributed by atoms with E-state index in [-0.39, 0.29) is 12.0 Å². The van der Waals surface area contributed by atoms with E-state index >= 15 is 0 Å². The Bertz CT molecular complexity index is 1180. The Kier molecular flexibility index (Phi) is 6.55. The summed E-state index contributed by atoms with van der Waals surface area (Å²) in [6.07, 6.45) is -0.136. The minimum absolute atomic E-state index is 0.0724. The zero-order valence-corrected chi connectivity index (χ0v) is 16.3. The third-order valence-corrected chi connectivity index (χ3v) is 4.44. The fourth-order valence-electron chi connectivity index (χ4n) is 2.89. The van der Waals surface area contributed by atoms with Crippen molar-refractivity contribution < 1.29 is 14.3 Å². The Labute approximate surface area is 172 Å². The average Bonchev–Trinajstić information content (AvgIpc) is 2.74. The van der Waals surface area contributed by atoms with Gasteiger partial charge in [-0.2, -0.15) is 5.26 Å². The number of amides is 1. The number of nitrogens with one attached hydrogen (secondary N) is 2. The molecule has 0 unspecified atom stereocenters. The summed E-state index contributed by atoms with van der Waals surface area (Å²) in [6, 6.07) is 15.6. The lowest BCUT2D eigenvalue weighted by Crippen LogP contribution is -2.30. The fraction of sp³-hybridized carbons (Fsp3) is 0.227. The van der Waals surface area contributed by atoms with Crippen molar-refractivity contribution in [2.45, 2.75) is 32.3 Å². The maximum atomic E-state index is 12.2. The first-order valence-electron chi connectivity index (χ1n) is 9.45. The molecule has 1 heterocycles. The number of aromatic amines is 1. The van der Waals surface area contributed by atoms with Gasteiger partial charge in [-0.1, -0.05) is 24.3 Å². The number of carbonyl (C=O) groups excluding carboxylic acids is 2. The highest BCUT2D eigenvalue weighted by Gasteiger charge is 2.19. The van der Waals surface area contributed by atoms with Crippen LogP contribution in [0, 0.1) is 11.3 Å². The number of hydrogen-bond acceptors (Lipinski definition) is 6. The number of nitriles is 1. The van der Waals surface area contributed by atoms with E-state index < -0.39 is 18.0 Å². The smallest absolute Gasteiger partial charge is 0.306 e. The molecule has 0 aliphatic heterocycles. The van der Waals surface area contributed by atoms with Crippen molar-refractivity contribution in [2.75, 3.05) is 5.32 Å². The molecular formula is C22H20N4O4. The van der Waals surface area contributed by atoms with Crippen molar-refractivity contribution >= 4 is 28.5 Å². The number of rotatable bonds is 7. The summed E-state index contributed by atoms with van der Waals surface area (Å²) >= 11 is 0.